The molecule has 0 saturated heterocycles. The molecule has 0 radical (unpaired) electrons. The maximum Gasteiger partial charge on any atom is 0.275 e. The van der Waals surface area contributed by atoms with E-state index < -0.39 is 0 Å². The average Bonchev–Trinajstić information content (AvgIpc) is 3.37. The van der Waals surface area contributed by atoms with Crippen molar-refractivity contribution in [3.05, 3.63) is 76.9 Å². The van der Waals surface area contributed by atoms with Gasteiger partial charge in [-0.2, -0.15) is 5.10 Å². The van der Waals surface area contributed by atoms with E-state index in [2.05, 4.69) is 15.4 Å². The summed E-state index contributed by atoms with van der Waals surface area (Å²) in [7, 11) is 0. The Kier molecular flexibility index (Phi) is 4.41. The summed E-state index contributed by atoms with van der Waals surface area (Å²) in [6.45, 7) is 0.663. The second-order valence-corrected chi connectivity index (χ2v) is 7.19. The molecule has 0 spiro atoms. The molecule has 3 heterocycles. The first-order valence-electron chi connectivity index (χ1n) is 7.65. The van der Waals surface area contributed by atoms with Crippen molar-refractivity contribution in [2.24, 2.45) is 0 Å². The molecule has 3 aromatic heterocycles. The van der Waals surface area contributed by atoms with Crippen molar-refractivity contribution in [2.75, 3.05) is 5.32 Å². The lowest BCUT2D eigenvalue weighted by Gasteiger charge is -2.01. The summed E-state index contributed by atoms with van der Waals surface area (Å²) in [6, 6.07) is 14.0. The highest BCUT2D eigenvalue weighted by atomic mass is 32.1. The number of thiazole rings is 1. The molecule has 0 aliphatic rings. The lowest BCUT2D eigenvalue weighted by atomic mass is 10.2. The highest BCUT2D eigenvalue weighted by Gasteiger charge is 2.13. The first-order chi connectivity index (χ1) is 12.3. The van der Waals surface area contributed by atoms with Gasteiger partial charge in [-0.15, -0.1) is 22.7 Å². The van der Waals surface area contributed by atoms with Gasteiger partial charge in [0.15, 0.2) is 0 Å². The molecule has 0 bridgehead atoms. The van der Waals surface area contributed by atoms with Crippen molar-refractivity contribution in [3.63, 3.8) is 0 Å². The van der Waals surface area contributed by atoms with E-state index >= 15 is 0 Å². The minimum Gasteiger partial charge on any atom is -0.318 e. The Morgan fingerprint density at radius 2 is 2.00 bits per heavy atom. The molecule has 4 rings (SSSR count). The summed E-state index contributed by atoms with van der Waals surface area (Å²) >= 11 is 3.08. The third-order valence-electron chi connectivity index (χ3n) is 3.55. The summed E-state index contributed by atoms with van der Waals surface area (Å²) in [6.07, 6.45) is 3.46. The molecule has 4 aromatic rings. The van der Waals surface area contributed by atoms with E-state index in [9.17, 15) is 4.79 Å². The highest BCUT2D eigenvalue weighted by molar-refractivity contribution is 7.20. The minimum atomic E-state index is -0.224. The van der Waals surface area contributed by atoms with Crippen LogP contribution in [-0.4, -0.2) is 20.7 Å². The van der Waals surface area contributed by atoms with Gasteiger partial charge in [-0.1, -0.05) is 36.4 Å². The number of benzene rings is 1. The summed E-state index contributed by atoms with van der Waals surface area (Å²) in [5.41, 5.74) is 2.24. The van der Waals surface area contributed by atoms with Gasteiger partial charge in [0, 0.05) is 11.6 Å². The highest BCUT2D eigenvalue weighted by Crippen LogP contribution is 2.28. The maximum absolute atomic E-state index is 12.4. The van der Waals surface area contributed by atoms with Crippen molar-refractivity contribution in [3.8, 4) is 9.88 Å². The molecule has 25 heavy (non-hydrogen) atoms. The molecule has 1 amide bonds. The fraction of sp³-hybridized carbons (Fsp3) is 0.0556. The van der Waals surface area contributed by atoms with Crippen molar-refractivity contribution in [1.82, 2.24) is 14.8 Å². The summed E-state index contributed by atoms with van der Waals surface area (Å²) < 4.78 is 1.79. The smallest absolute Gasteiger partial charge is 0.275 e. The topological polar surface area (TPSA) is 59.8 Å². The predicted molar refractivity (Wildman–Crippen MR) is 101 cm³/mol. The molecule has 1 aromatic carbocycles. The molecular weight excluding hydrogens is 352 g/mol. The Hall–Kier alpha value is -2.77. The Morgan fingerprint density at radius 3 is 2.80 bits per heavy atom. The fourth-order valence-electron chi connectivity index (χ4n) is 2.37. The maximum atomic E-state index is 12.4. The van der Waals surface area contributed by atoms with Crippen LogP contribution >= 0.6 is 22.7 Å². The molecule has 5 nitrogen and oxygen atoms in total. The zero-order valence-electron chi connectivity index (χ0n) is 13.1. The number of nitrogens with one attached hydrogen (secondary N) is 1. The Morgan fingerprint density at radius 1 is 1.12 bits per heavy atom. The molecule has 7 heteroatoms. The lowest BCUT2D eigenvalue weighted by molar-refractivity contribution is 0.102. The van der Waals surface area contributed by atoms with E-state index in [0.717, 1.165) is 15.4 Å². The van der Waals surface area contributed by atoms with E-state index in [0.29, 0.717) is 17.9 Å². The summed E-state index contributed by atoms with van der Waals surface area (Å²) in [5, 5.41) is 11.8. The molecule has 0 aliphatic heterocycles. The minimum absolute atomic E-state index is 0.224. The molecule has 0 fully saturated rings. The van der Waals surface area contributed by atoms with Crippen LogP contribution in [0.3, 0.4) is 0 Å². The van der Waals surface area contributed by atoms with Crippen LogP contribution < -0.4 is 5.32 Å². The van der Waals surface area contributed by atoms with Crippen LogP contribution in [0.1, 0.15) is 16.1 Å². The SMILES string of the molecule is O=C(Nc1cnn(Cc2ccccc2)c1)c1csc(-c2cccs2)n1. The van der Waals surface area contributed by atoms with E-state index in [1.54, 1.807) is 27.6 Å². The normalized spacial score (nSPS) is 10.7. The van der Waals surface area contributed by atoms with Crippen LogP contribution in [0, 0.1) is 0 Å². The van der Waals surface area contributed by atoms with Crippen molar-refractivity contribution < 1.29 is 4.79 Å². The number of carbonyl (C=O) groups excluding carboxylic acids is 1. The second kappa shape index (κ2) is 7.00. The monoisotopic (exact) mass is 366 g/mol. The summed E-state index contributed by atoms with van der Waals surface area (Å²) in [4.78, 5) is 17.8. The van der Waals surface area contributed by atoms with E-state index in [1.807, 2.05) is 54.0 Å². The first-order valence-corrected chi connectivity index (χ1v) is 9.41. The fourth-order valence-corrected chi connectivity index (χ4v) is 3.99. The van der Waals surface area contributed by atoms with Gasteiger partial charge in [0.25, 0.3) is 5.91 Å². The molecular formula is C18H14N4OS2. The first kappa shape index (κ1) is 15.7. The van der Waals surface area contributed by atoms with Crippen molar-refractivity contribution in [1.29, 1.82) is 0 Å². The average molecular weight is 366 g/mol. The van der Waals surface area contributed by atoms with Gasteiger partial charge < -0.3 is 5.32 Å². The number of aromatic nitrogens is 3. The van der Waals surface area contributed by atoms with Crippen LogP contribution in [0.25, 0.3) is 9.88 Å². The predicted octanol–water partition coefficient (Wildman–Crippen LogP) is 4.37. The number of amides is 1. The second-order valence-electron chi connectivity index (χ2n) is 5.38. The zero-order chi connectivity index (χ0) is 17.1. The number of carbonyl (C=O) groups is 1. The molecule has 0 saturated carbocycles. The molecule has 124 valence electrons. The third-order valence-corrected chi connectivity index (χ3v) is 5.43. The van der Waals surface area contributed by atoms with Crippen LogP contribution in [-0.2, 0) is 6.54 Å². The van der Waals surface area contributed by atoms with Crippen LogP contribution in [0.2, 0.25) is 0 Å². The van der Waals surface area contributed by atoms with Crippen molar-refractivity contribution >= 4 is 34.3 Å². The third kappa shape index (κ3) is 3.67. The van der Waals surface area contributed by atoms with Crippen LogP contribution in [0.15, 0.2) is 65.6 Å². The zero-order valence-corrected chi connectivity index (χ0v) is 14.8. The molecule has 0 aliphatic carbocycles. The number of nitrogens with zero attached hydrogens (tertiary/aromatic N) is 3. The lowest BCUT2D eigenvalue weighted by Crippen LogP contribution is -2.11. The van der Waals surface area contributed by atoms with E-state index in [4.69, 9.17) is 0 Å². The number of hydrogen-bond donors (Lipinski definition) is 1. The Bertz CT molecular complexity index is 974. The number of rotatable bonds is 5. The van der Waals surface area contributed by atoms with Gasteiger partial charge in [-0.3, -0.25) is 9.48 Å². The Balaban J connectivity index is 1.43. The van der Waals surface area contributed by atoms with Gasteiger partial charge in [-0.25, -0.2) is 4.98 Å². The number of thiophene rings is 1. The van der Waals surface area contributed by atoms with Gasteiger partial charge >= 0.3 is 0 Å². The standard InChI is InChI=1S/C18H14N4OS2/c23-17(15-12-25-18(21-15)16-7-4-8-24-16)20-14-9-19-22(11-14)10-13-5-2-1-3-6-13/h1-9,11-12H,10H2,(H,20,23). The van der Waals surface area contributed by atoms with E-state index in [-0.39, 0.29) is 5.91 Å². The quantitative estimate of drug-likeness (QED) is 0.571. The molecule has 0 atom stereocenters. The van der Waals surface area contributed by atoms with Crippen molar-refractivity contribution in [2.45, 2.75) is 6.54 Å². The summed E-state index contributed by atoms with van der Waals surface area (Å²) in [5.74, 6) is -0.224. The van der Waals surface area contributed by atoms with Gasteiger partial charge in [0.2, 0.25) is 0 Å². The largest absolute Gasteiger partial charge is 0.318 e. The number of hydrogen-bond acceptors (Lipinski definition) is 5. The molecule has 0 unspecified atom stereocenters. The molecule has 1 N–H and O–H groups in total. The van der Waals surface area contributed by atoms with Gasteiger partial charge in [0.05, 0.1) is 23.3 Å². The van der Waals surface area contributed by atoms with E-state index in [1.165, 1.54) is 11.3 Å². The van der Waals surface area contributed by atoms with Gasteiger partial charge in [0.1, 0.15) is 10.7 Å². The number of anilines is 1. The van der Waals surface area contributed by atoms with Crippen LogP contribution in [0.4, 0.5) is 5.69 Å². The van der Waals surface area contributed by atoms with Crippen LogP contribution in [0.5, 0.6) is 0 Å². The van der Waals surface area contributed by atoms with Gasteiger partial charge in [-0.05, 0) is 17.0 Å². The Labute approximate surface area is 152 Å².